The van der Waals surface area contributed by atoms with E-state index < -0.39 is 11.6 Å². The maximum absolute atomic E-state index is 13.4. The molecular formula is C23H18F2N2. The van der Waals surface area contributed by atoms with E-state index in [0.29, 0.717) is 12.0 Å². The number of rotatable bonds is 4. The molecule has 0 aliphatic carbocycles. The van der Waals surface area contributed by atoms with Gasteiger partial charge in [0.25, 0.3) is 0 Å². The van der Waals surface area contributed by atoms with E-state index in [1.165, 1.54) is 17.7 Å². The van der Waals surface area contributed by atoms with Gasteiger partial charge in [0.2, 0.25) is 0 Å². The Labute approximate surface area is 156 Å². The number of hydrogen-bond donors (Lipinski definition) is 1. The van der Waals surface area contributed by atoms with Crippen LogP contribution in [0.15, 0.2) is 60.7 Å². The highest BCUT2D eigenvalue weighted by Crippen LogP contribution is 2.22. The van der Waals surface area contributed by atoms with Crippen LogP contribution in [0.25, 0.3) is 23.1 Å². The molecule has 4 rings (SSSR count). The third-order valence-corrected chi connectivity index (χ3v) is 4.60. The van der Waals surface area contributed by atoms with Crippen molar-refractivity contribution in [2.24, 2.45) is 0 Å². The van der Waals surface area contributed by atoms with Crippen molar-refractivity contribution in [2.45, 2.75) is 13.3 Å². The number of nitrogens with zero attached hydrogens (tertiary/aromatic N) is 1. The van der Waals surface area contributed by atoms with Crippen molar-refractivity contribution in [1.82, 2.24) is 10.2 Å². The van der Waals surface area contributed by atoms with Gasteiger partial charge in [0.1, 0.15) is 11.6 Å². The zero-order valence-corrected chi connectivity index (χ0v) is 14.8. The van der Waals surface area contributed by atoms with Crippen LogP contribution in [-0.4, -0.2) is 10.2 Å². The summed E-state index contributed by atoms with van der Waals surface area (Å²) in [4.78, 5) is 0. The van der Waals surface area contributed by atoms with Gasteiger partial charge < -0.3 is 0 Å². The molecule has 0 fully saturated rings. The lowest BCUT2D eigenvalue weighted by atomic mass is 10.0. The van der Waals surface area contributed by atoms with E-state index in [0.717, 1.165) is 33.8 Å². The maximum Gasteiger partial charge on any atom is 0.126 e. The minimum Gasteiger partial charge on any atom is -0.277 e. The Morgan fingerprint density at radius 1 is 0.889 bits per heavy atom. The smallest absolute Gasteiger partial charge is 0.126 e. The van der Waals surface area contributed by atoms with Gasteiger partial charge in [-0.3, -0.25) is 5.10 Å². The molecule has 0 radical (unpaired) electrons. The van der Waals surface area contributed by atoms with Crippen molar-refractivity contribution in [3.8, 4) is 0 Å². The summed E-state index contributed by atoms with van der Waals surface area (Å²) in [5, 5.41) is 8.39. The standard InChI is InChI=1S/C23H18F2N2/c1-15-4-2-3-5-18(15)7-9-23-21-13-16(6-8-22(21)26-27-23)10-17-11-19(24)14-20(25)12-17/h2-9,11-14H,10H2,1H3,(H,26,27)/b9-7+. The molecule has 4 aromatic rings. The number of halogens is 2. The molecule has 4 heteroatoms. The van der Waals surface area contributed by atoms with Crippen molar-refractivity contribution < 1.29 is 8.78 Å². The van der Waals surface area contributed by atoms with Crippen LogP contribution in [0.2, 0.25) is 0 Å². The molecule has 0 atom stereocenters. The summed E-state index contributed by atoms with van der Waals surface area (Å²) >= 11 is 0. The van der Waals surface area contributed by atoms with Gasteiger partial charge in [0.15, 0.2) is 0 Å². The van der Waals surface area contributed by atoms with Gasteiger partial charge in [0, 0.05) is 11.5 Å². The minimum atomic E-state index is -0.559. The van der Waals surface area contributed by atoms with Gasteiger partial charge in [-0.2, -0.15) is 5.10 Å². The first-order chi connectivity index (χ1) is 13.1. The Kier molecular flexibility index (Phi) is 4.55. The van der Waals surface area contributed by atoms with Crippen LogP contribution in [0, 0.1) is 18.6 Å². The van der Waals surface area contributed by atoms with Gasteiger partial charge in [-0.1, -0.05) is 36.4 Å². The van der Waals surface area contributed by atoms with Crippen molar-refractivity contribution in [2.75, 3.05) is 0 Å². The van der Waals surface area contributed by atoms with Crippen molar-refractivity contribution in [1.29, 1.82) is 0 Å². The van der Waals surface area contributed by atoms with Crippen LogP contribution in [0.4, 0.5) is 8.78 Å². The van der Waals surface area contributed by atoms with Crippen molar-refractivity contribution in [3.05, 3.63) is 100 Å². The fraction of sp³-hybridized carbons (Fsp3) is 0.0870. The van der Waals surface area contributed by atoms with E-state index in [9.17, 15) is 8.78 Å². The lowest BCUT2D eigenvalue weighted by Crippen LogP contribution is -1.91. The minimum absolute atomic E-state index is 0.455. The summed E-state index contributed by atoms with van der Waals surface area (Å²) < 4.78 is 26.9. The zero-order valence-electron chi connectivity index (χ0n) is 14.8. The first-order valence-corrected chi connectivity index (χ1v) is 8.74. The summed E-state index contributed by atoms with van der Waals surface area (Å²) in [5.74, 6) is -1.12. The Bertz CT molecular complexity index is 1120. The van der Waals surface area contributed by atoms with Gasteiger partial charge in [-0.05, 0) is 65.9 Å². The number of fused-ring (bicyclic) bond motifs is 1. The van der Waals surface area contributed by atoms with Crippen LogP contribution in [0.5, 0.6) is 0 Å². The van der Waals surface area contributed by atoms with Gasteiger partial charge in [-0.25, -0.2) is 8.78 Å². The fourth-order valence-corrected chi connectivity index (χ4v) is 3.21. The summed E-state index contributed by atoms with van der Waals surface area (Å²) in [6.45, 7) is 2.07. The molecule has 0 saturated heterocycles. The summed E-state index contributed by atoms with van der Waals surface area (Å²) in [6, 6.07) is 17.7. The summed E-state index contributed by atoms with van der Waals surface area (Å²) in [7, 11) is 0. The Balaban J connectivity index is 1.66. The van der Waals surface area contributed by atoms with Crippen LogP contribution in [-0.2, 0) is 6.42 Å². The van der Waals surface area contributed by atoms with E-state index in [1.807, 2.05) is 42.5 Å². The predicted molar refractivity (Wildman–Crippen MR) is 105 cm³/mol. The van der Waals surface area contributed by atoms with E-state index in [1.54, 1.807) is 0 Å². The van der Waals surface area contributed by atoms with Gasteiger partial charge >= 0.3 is 0 Å². The van der Waals surface area contributed by atoms with Gasteiger partial charge in [0.05, 0.1) is 11.2 Å². The molecule has 27 heavy (non-hydrogen) atoms. The fourth-order valence-electron chi connectivity index (χ4n) is 3.21. The molecule has 2 nitrogen and oxygen atoms in total. The number of aromatic nitrogens is 2. The molecule has 0 aliphatic rings. The quantitative estimate of drug-likeness (QED) is 0.481. The molecule has 0 saturated carbocycles. The topological polar surface area (TPSA) is 28.7 Å². The van der Waals surface area contributed by atoms with Crippen molar-refractivity contribution in [3.63, 3.8) is 0 Å². The molecule has 0 amide bonds. The third-order valence-electron chi connectivity index (χ3n) is 4.60. The van der Waals surface area contributed by atoms with E-state index in [-0.39, 0.29) is 0 Å². The number of nitrogens with one attached hydrogen (secondary N) is 1. The van der Waals surface area contributed by atoms with Crippen LogP contribution in [0.1, 0.15) is 27.9 Å². The van der Waals surface area contributed by atoms with E-state index in [2.05, 4.69) is 29.3 Å². The van der Waals surface area contributed by atoms with Crippen molar-refractivity contribution >= 4 is 23.1 Å². The second-order valence-corrected chi connectivity index (χ2v) is 6.63. The highest BCUT2D eigenvalue weighted by molar-refractivity contribution is 5.90. The molecule has 0 aliphatic heterocycles. The molecule has 0 bridgehead atoms. The second-order valence-electron chi connectivity index (χ2n) is 6.63. The monoisotopic (exact) mass is 360 g/mol. The molecule has 1 aromatic heterocycles. The second kappa shape index (κ2) is 7.16. The first kappa shape index (κ1) is 17.2. The highest BCUT2D eigenvalue weighted by atomic mass is 19.1. The van der Waals surface area contributed by atoms with Crippen LogP contribution < -0.4 is 0 Å². The molecule has 1 N–H and O–H groups in total. The lowest BCUT2D eigenvalue weighted by molar-refractivity contribution is 0.580. The maximum atomic E-state index is 13.4. The molecular weight excluding hydrogens is 342 g/mol. The molecule has 0 unspecified atom stereocenters. The van der Waals surface area contributed by atoms with Crippen LogP contribution in [0.3, 0.4) is 0 Å². The largest absolute Gasteiger partial charge is 0.277 e. The Morgan fingerprint density at radius 3 is 2.44 bits per heavy atom. The third kappa shape index (κ3) is 3.80. The normalized spacial score (nSPS) is 11.5. The Hall–Kier alpha value is -3.27. The van der Waals surface area contributed by atoms with E-state index in [4.69, 9.17) is 0 Å². The van der Waals surface area contributed by atoms with Crippen LogP contribution >= 0.6 is 0 Å². The number of hydrogen-bond acceptors (Lipinski definition) is 1. The van der Waals surface area contributed by atoms with Gasteiger partial charge in [-0.15, -0.1) is 0 Å². The SMILES string of the molecule is Cc1ccccc1/C=C/c1n[nH]c2ccc(Cc3cc(F)cc(F)c3)cc12. The number of H-pyrrole nitrogens is 1. The number of aromatic amines is 1. The highest BCUT2D eigenvalue weighted by Gasteiger charge is 2.07. The molecule has 3 aromatic carbocycles. The molecule has 0 spiro atoms. The predicted octanol–water partition coefficient (Wildman–Crippen LogP) is 5.91. The number of benzene rings is 3. The number of aryl methyl sites for hydroxylation is 1. The Morgan fingerprint density at radius 2 is 1.67 bits per heavy atom. The molecule has 1 heterocycles. The average molecular weight is 360 g/mol. The summed E-state index contributed by atoms with van der Waals surface area (Å²) in [6.07, 6.45) is 4.48. The zero-order chi connectivity index (χ0) is 18.8. The molecule has 134 valence electrons. The average Bonchev–Trinajstić information content (AvgIpc) is 3.02. The first-order valence-electron chi connectivity index (χ1n) is 8.74. The lowest BCUT2D eigenvalue weighted by Gasteiger charge is -2.04. The van der Waals surface area contributed by atoms with E-state index >= 15 is 0 Å². The summed E-state index contributed by atoms with van der Waals surface area (Å²) in [5.41, 5.74) is 5.67.